The van der Waals surface area contributed by atoms with Gasteiger partial charge in [-0.25, -0.2) is 8.42 Å². The molecule has 0 radical (unpaired) electrons. The molecule has 1 aromatic rings. The lowest BCUT2D eigenvalue weighted by molar-refractivity contribution is -0.116. The number of benzene rings is 1. The predicted octanol–water partition coefficient (Wildman–Crippen LogP) is 3.14. The molecule has 7 nitrogen and oxygen atoms in total. The lowest BCUT2D eigenvalue weighted by atomic mass is 10.0. The molecule has 0 spiro atoms. The zero-order valence-electron chi connectivity index (χ0n) is 16.3. The standard InChI is InChI=1S/C19H27N3O4S2/c1-14-4-3-5-15(2)22(14)28(25,26)17-8-6-16(7-9-17)20-18(23)10-11-21-12-13-27-19(21)24/h6-9,14-15H,3-5,10-13H2,1-2H3,(H,20,23)/t14-,15-/m0/s1. The molecular formula is C19H27N3O4S2. The van der Waals surface area contributed by atoms with E-state index in [9.17, 15) is 18.0 Å². The molecule has 2 heterocycles. The second-order valence-corrected chi connectivity index (χ2v) is 10.3. The molecule has 3 rings (SSSR count). The van der Waals surface area contributed by atoms with Crippen molar-refractivity contribution >= 4 is 38.6 Å². The summed E-state index contributed by atoms with van der Waals surface area (Å²) in [5.74, 6) is 0.573. The summed E-state index contributed by atoms with van der Waals surface area (Å²) < 4.78 is 27.6. The molecular weight excluding hydrogens is 398 g/mol. The number of nitrogens with one attached hydrogen (secondary N) is 1. The van der Waals surface area contributed by atoms with Crippen molar-refractivity contribution in [3.63, 3.8) is 0 Å². The molecule has 2 aliphatic rings. The molecule has 2 aliphatic heterocycles. The number of thioether (sulfide) groups is 1. The molecule has 0 bridgehead atoms. The van der Waals surface area contributed by atoms with Crippen molar-refractivity contribution in [2.24, 2.45) is 0 Å². The minimum Gasteiger partial charge on any atom is -0.332 e. The fraction of sp³-hybridized carbons (Fsp3) is 0.579. The highest BCUT2D eigenvalue weighted by Gasteiger charge is 2.35. The number of amides is 2. The third-order valence-corrected chi connectivity index (χ3v) is 8.31. The van der Waals surface area contributed by atoms with Gasteiger partial charge in [0.2, 0.25) is 15.9 Å². The van der Waals surface area contributed by atoms with E-state index in [1.54, 1.807) is 33.5 Å². The summed E-state index contributed by atoms with van der Waals surface area (Å²) in [6, 6.07) is 6.28. The Morgan fingerprint density at radius 2 is 1.82 bits per heavy atom. The lowest BCUT2D eigenvalue weighted by Crippen LogP contribution is -2.47. The topological polar surface area (TPSA) is 86.8 Å². The quantitative estimate of drug-likeness (QED) is 0.757. The molecule has 2 amide bonds. The van der Waals surface area contributed by atoms with Gasteiger partial charge in [-0.05, 0) is 51.0 Å². The summed E-state index contributed by atoms with van der Waals surface area (Å²) in [4.78, 5) is 25.6. The van der Waals surface area contributed by atoms with E-state index in [2.05, 4.69) is 5.32 Å². The summed E-state index contributed by atoms with van der Waals surface area (Å²) >= 11 is 1.27. The Bertz CT molecular complexity index is 816. The highest BCUT2D eigenvalue weighted by Crippen LogP contribution is 2.30. The zero-order valence-corrected chi connectivity index (χ0v) is 17.9. The second-order valence-electron chi connectivity index (χ2n) is 7.39. The first-order valence-electron chi connectivity index (χ1n) is 9.64. The van der Waals surface area contributed by atoms with Crippen LogP contribution >= 0.6 is 11.8 Å². The predicted molar refractivity (Wildman–Crippen MR) is 111 cm³/mol. The SMILES string of the molecule is C[C@H]1CCC[C@H](C)N1S(=O)(=O)c1ccc(NC(=O)CCN2CCSC2=O)cc1. The van der Waals surface area contributed by atoms with Gasteiger partial charge in [0.25, 0.3) is 5.24 Å². The van der Waals surface area contributed by atoms with Crippen molar-refractivity contribution in [3.8, 4) is 0 Å². The van der Waals surface area contributed by atoms with Crippen LogP contribution in [0.4, 0.5) is 10.5 Å². The Hall–Kier alpha value is -1.58. The third-order valence-electron chi connectivity index (χ3n) is 5.28. The van der Waals surface area contributed by atoms with E-state index in [1.165, 1.54) is 11.8 Å². The van der Waals surface area contributed by atoms with Crippen molar-refractivity contribution in [1.29, 1.82) is 0 Å². The molecule has 1 aromatic carbocycles. The van der Waals surface area contributed by atoms with Crippen LogP contribution in [-0.2, 0) is 14.8 Å². The third kappa shape index (κ3) is 4.69. The Morgan fingerprint density at radius 1 is 1.18 bits per heavy atom. The maximum Gasteiger partial charge on any atom is 0.281 e. The Morgan fingerprint density at radius 3 is 2.39 bits per heavy atom. The lowest BCUT2D eigenvalue weighted by Gasteiger charge is -2.37. The number of carbonyl (C=O) groups is 2. The molecule has 0 aliphatic carbocycles. The highest BCUT2D eigenvalue weighted by atomic mass is 32.2. The van der Waals surface area contributed by atoms with E-state index in [-0.39, 0.29) is 34.5 Å². The van der Waals surface area contributed by atoms with Crippen molar-refractivity contribution in [2.45, 2.75) is 56.5 Å². The molecule has 1 N–H and O–H groups in total. The number of hydrogen-bond donors (Lipinski definition) is 1. The first-order chi connectivity index (χ1) is 13.3. The maximum absolute atomic E-state index is 13.0. The van der Waals surface area contributed by atoms with Crippen LogP contribution in [0.1, 0.15) is 39.5 Å². The smallest absolute Gasteiger partial charge is 0.281 e. The summed E-state index contributed by atoms with van der Waals surface area (Å²) in [7, 11) is -3.56. The van der Waals surface area contributed by atoms with Gasteiger partial charge < -0.3 is 10.2 Å². The second kappa shape index (κ2) is 8.84. The Kier molecular flexibility index (Phi) is 6.67. The van der Waals surface area contributed by atoms with Gasteiger partial charge in [0, 0.05) is 43.0 Å². The fourth-order valence-corrected chi connectivity index (χ4v) is 6.53. The monoisotopic (exact) mass is 425 g/mol. The molecule has 154 valence electrons. The molecule has 9 heteroatoms. The van der Waals surface area contributed by atoms with Crippen LogP contribution in [-0.4, -0.2) is 59.7 Å². The van der Waals surface area contributed by atoms with Gasteiger partial charge in [0.1, 0.15) is 0 Å². The summed E-state index contributed by atoms with van der Waals surface area (Å²) in [5.41, 5.74) is 0.547. The van der Waals surface area contributed by atoms with Crippen molar-refractivity contribution in [2.75, 3.05) is 24.2 Å². The summed E-state index contributed by atoms with van der Waals surface area (Å²) in [5, 5.41) is 2.78. The number of anilines is 1. The van der Waals surface area contributed by atoms with Gasteiger partial charge in [-0.15, -0.1) is 0 Å². The minimum atomic E-state index is -3.56. The van der Waals surface area contributed by atoms with Gasteiger partial charge in [-0.3, -0.25) is 9.59 Å². The van der Waals surface area contributed by atoms with Crippen molar-refractivity contribution < 1.29 is 18.0 Å². The minimum absolute atomic E-state index is 0.0143. The first kappa shape index (κ1) is 21.1. The van der Waals surface area contributed by atoms with Gasteiger partial charge in [0.05, 0.1) is 4.90 Å². The molecule has 28 heavy (non-hydrogen) atoms. The van der Waals surface area contributed by atoms with Crippen molar-refractivity contribution in [3.05, 3.63) is 24.3 Å². The molecule has 0 saturated carbocycles. The average Bonchev–Trinajstić information content (AvgIpc) is 3.05. The van der Waals surface area contributed by atoms with E-state index in [4.69, 9.17) is 0 Å². The van der Waals surface area contributed by atoms with Gasteiger partial charge in [-0.1, -0.05) is 18.2 Å². The number of rotatable bonds is 6. The van der Waals surface area contributed by atoms with Crippen LogP contribution in [0, 0.1) is 0 Å². The summed E-state index contributed by atoms with van der Waals surface area (Å²) in [6.07, 6.45) is 3.00. The number of nitrogens with zero attached hydrogens (tertiary/aromatic N) is 2. The van der Waals surface area contributed by atoms with Gasteiger partial charge in [-0.2, -0.15) is 4.31 Å². The number of sulfonamides is 1. The normalized spacial score (nSPS) is 23.8. The van der Waals surface area contributed by atoms with Crippen LogP contribution in [0.2, 0.25) is 0 Å². The fourth-order valence-electron chi connectivity index (χ4n) is 3.79. The largest absolute Gasteiger partial charge is 0.332 e. The average molecular weight is 426 g/mol. The first-order valence-corrected chi connectivity index (χ1v) is 12.1. The van der Waals surface area contributed by atoms with Crippen LogP contribution in [0.3, 0.4) is 0 Å². The van der Waals surface area contributed by atoms with E-state index < -0.39 is 10.0 Å². The van der Waals surface area contributed by atoms with E-state index in [1.807, 2.05) is 13.8 Å². The van der Waals surface area contributed by atoms with Crippen LogP contribution in [0.5, 0.6) is 0 Å². The van der Waals surface area contributed by atoms with E-state index in [0.717, 1.165) is 25.0 Å². The van der Waals surface area contributed by atoms with E-state index >= 15 is 0 Å². The van der Waals surface area contributed by atoms with Gasteiger partial charge in [0.15, 0.2) is 0 Å². The molecule has 2 fully saturated rings. The molecule has 2 atom stereocenters. The maximum atomic E-state index is 13.0. The number of carbonyl (C=O) groups excluding carboxylic acids is 2. The number of hydrogen-bond acceptors (Lipinski definition) is 5. The molecule has 0 unspecified atom stereocenters. The van der Waals surface area contributed by atoms with Crippen LogP contribution in [0.25, 0.3) is 0 Å². The van der Waals surface area contributed by atoms with Crippen molar-refractivity contribution in [1.82, 2.24) is 9.21 Å². The zero-order chi connectivity index (χ0) is 20.3. The Balaban J connectivity index is 1.61. The van der Waals surface area contributed by atoms with Crippen LogP contribution in [0.15, 0.2) is 29.2 Å². The van der Waals surface area contributed by atoms with E-state index in [0.29, 0.717) is 18.8 Å². The van der Waals surface area contributed by atoms with Crippen LogP contribution < -0.4 is 5.32 Å². The molecule has 0 aromatic heterocycles. The highest BCUT2D eigenvalue weighted by molar-refractivity contribution is 8.13. The number of piperidine rings is 1. The Labute approximate surface area is 170 Å². The van der Waals surface area contributed by atoms with Gasteiger partial charge >= 0.3 is 0 Å². The molecule has 2 saturated heterocycles. The summed E-state index contributed by atoms with van der Waals surface area (Å²) in [6.45, 7) is 4.97.